The van der Waals surface area contributed by atoms with Crippen LogP contribution in [0.1, 0.15) is 56.5 Å². The molecule has 2 N–H and O–H groups in total. The number of halogens is 4. The molecule has 0 saturated heterocycles. The first-order valence-electron chi connectivity index (χ1n) is 11.9. The topological polar surface area (TPSA) is 67.4 Å². The van der Waals surface area contributed by atoms with Crippen LogP contribution in [0.3, 0.4) is 0 Å². The minimum absolute atomic E-state index is 0.0407. The van der Waals surface area contributed by atoms with E-state index in [0.29, 0.717) is 16.8 Å². The number of hydrogen-bond donors (Lipinski definition) is 2. The molecule has 2 unspecified atom stereocenters. The van der Waals surface area contributed by atoms with Crippen molar-refractivity contribution in [3.8, 4) is 5.75 Å². The monoisotopic (exact) mass is 526 g/mol. The van der Waals surface area contributed by atoms with Crippen molar-refractivity contribution in [2.45, 2.75) is 45.4 Å². The molecule has 0 amide bonds. The van der Waals surface area contributed by atoms with Crippen LogP contribution in [0, 0.1) is 23.3 Å². The normalized spacial score (nSPS) is 13.4. The molecule has 0 aliphatic rings. The van der Waals surface area contributed by atoms with Gasteiger partial charge < -0.3 is 10.1 Å². The van der Waals surface area contributed by atoms with Gasteiger partial charge in [-0.05, 0) is 80.8 Å². The summed E-state index contributed by atoms with van der Waals surface area (Å²) >= 11 is 0. The summed E-state index contributed by atoms with van der Waals surface area (Å²) in [5.41, 5.74) is -0.0944. The smallest absolute Gasteiger partial charge is 0.272 e. The van der Waals surface area contributed by atoms with Gasteiger partial charge in [0.15, 0.2) is 23.2 Å². The maximum absolute atomic E-state index is 13.9. The fourth-order valence-corrected chi connectivity index (χ4v) is 4.04. The molecule has 0 aromatic heterocycles. The summed E-state index contributed by atoms with van der Waals surface area (Å²) in [5, 5.41) is 6.21. The molecule has 0 bridgehead atoms. The van der Waals surface area contributed by atoms with Gasteiger partial charge in [0.25, 0.3) is 10.9 Å². The van der Waals surface area contributed by atoms with Gasteiger partial charge in [-0.2, -0.15) is 0 Å². The maximum Gasteiger partial charge on any atom is 0.272 e. The average molecular weight is 527 g/mol. The summed E-state index contributed by atoms with van der Waals surface area (Å²) < 4.78 is 60.5. The second kappa shape index (κ2) is 10.4. The lowest BCUT2D eigenvalue weighted by Crippen LogP contribution is -2.39. The van der Waals surface area contributed by atoms with Gasteiger partial charge in [0.1, 0.15) is 17.1 Å². The van der Waals surface area contributed by atoms with E-state index in [-0.39, 0.29) is 17.0 Å². The first kappa shape index (κ1) is 27.1. The van der Waals surface area contributed by atoms with E-state index < -0.39 is 51.8 Å². The van der Waals surface area contributed by atoms with Gasteiger partial charge in [-0.15, -0.1) is 0 Å². The number of rotatable bonds is 8. The number of ether oxygens (including phenoxy) is 1. The Morgan fingerprint density at radius 3 is 2.03 bits per heavy atom. The van der Waals surface area contributed by atoms with Gasteiger partial charge in [-0.3, -0.25) is 14.9 Å². The highest BCUT2D eigenvalue weighted by molar-refractivity contribution is 5.70. The number of hydrogen-bond acceptors (Lipinski definition) is 5. The van der Waals surface area contributed by atoms with Crippen molar-refractivity contribution in [2.75, 3.05) is 5.32 Å². The van der Waals surface area contributed by atoms with Crippen LogP contribution in [0.4, 0.5) is 28.9 Å². The molecule has 4 rings (SSSR count). The summed E-state index contributed by atoms with van der Waals surface area (Å²) in [5.74, 6) is -4.65. The Morgan fingerprint density at radius 1 is 0.789 bits per heavy atom. The highest BCUT2D eigenvalue weighted by atomic mass is 19.2. The Bertz CT molecular complexity index is 1510. The summed E-state index contributed by atoms with van der Waals surface area (Å²) in [4.78, 5) is 24.3. The third kappa shape index (κ3) is 5.78. The van der Waals surface area contributed by atoms with Crippen LogP contribution in [-0.2, 0) is 0 Å². The molecule has 0 saturated carbocycles. The second-order valence-corrected chi connectivity index (χ2v) is 10.00. The third-order valence-corrected chi connectivity index (χ3v) is 5.89. The minimum Gasteiger partial charge on any atom is -0.482 e. The van der Waals surface area contributed by atoms with Gasteiger partial charge in [0.2, 0.25) is 0 Å². The Hall–Kier alpha value is -3.98. The molecule has 0 radical (unpaired) electrons. The van der Waals surface area contributed by atoms with Crippen molar-refractivity contribution in [1.29, 1.82) is 0 Å². The largest absolute Gasteiger partial charge is 0.482 e. The summed E-state index contributed by atoms with van der Waals surface area (Å²) in [6.07, 6.45) is 0. The van der Waals surface area contributed by atoms with E-state index in [1.54, 1.807) is 64.1 Å². The van der Waals surface area contributed by atoms with Gasteiger partial charge in [-0.25, -0.2) is 17.6 Å². The maximum atomic E-state index is 13.9. The summed E-state index contributed by atoms with van der Waals surface area (Å²) in [6.45, 7) is 6.93. The molecule has 4 aromatic rings. The van der Waals surface area contributed by atoms with E-state index in [4.69, 9.17) is 4.74 Å². The summed E-state index contributed by atoms with van der Waals surface area (Å²) in [7, 11) is 0. The lowest BCUT2D eigenvalue weighted by molar-refractivity contribution is 0.128. The molecular formula is C29H26F4N2O3. The standard InChI is InChI=1S/C29H26F4N2O3/c1-15(18-13-21(31)23(33)22(32)14-18)34-24(16-8-10-19(30)11-9-16)17-6-5-7-20(12-17)35-25-26(36)27(37)28(25)38-29(2,3)4/h5-15,24,34-35H,1-4H3. The van der Waals surface area contributed by atoms with Crippen LogP contribution >= 0.6 is 0 Å². The van der Waals surface area contributed by atoms with Gasteiger partial charge in [0, 0.05) is 11.7 Å². The van der Waals surface area contributed by atoms with Crippen LogP contribution < -0.4 is 26.2 Å². The minimum atomic E-state index is -1.55. The Morgan fingerprint density at radius 2 is 1.42 bits per heavy atom. The third-order valence-electron chi connectivity index (χ3n) is 5.89. The molecule has 5 nitrogen and oxygen atoms in total. The zero-order chi connectivity index (χ0) is 27.8. The van der Waals surface area contributed by atoms with Crippen LogP contribution in [0.2, 0.25) is 0 Å². The molecule has 38 heavy (non-hydrogen) atoms. The van der Waals surface area contributed by atoms with Crippen molar-refractivity contribution in [3.63, 3.8) is 0 Å². The van der Waals surface area contributed by atoms with E-state index in [1.807, 2.05) is 0 Å². The van der Waals surface area contributed by atoms with Gasteiger partial charge >= 0.3 is 0 Å². The van der Waals surface area contributed by atoms with Crippen molar-refractivity contribution < 1.29 is 22.3 Å². The molecule has 0 fully saturated rings. The van der Waals surface area contributed by atoms with Crippen LogP contribution in [0.15, 0.2) is 70.3 Å². The van der Waals surface area contributed by atoms with Crippen molar-refractivity contribution in [1.82, 2.24) is 5.32 Å². The second-order valence-electron chi connectivity index (χ2n) is 10.00. The molecule has 0 spiro atoms. The summed E-state index contributed by atoms with van der Waals surface area (Å²) in [6, 6.07) is 13.2. The number of nitrogens with one attached hydrogen (secondary N) is 2. The van der Waals surface area contributed by atoms with Crippen molar-refractivity contribution in [2.24, 2.45) is 0 Å². The average Bonchev–Trinajstić information content (AvgIpc) is 2.87. The lowest BCUT2D eigenvalue weighted by Gasteiger charge is -2.26. The molecule has 198 valence electrons. The zero-order valence-corrected chi connectivity index (χ0v) is 21.2. The fraction of sp³-hybridized carbons (Fsp3) is 0.241. The Balaban J connectivity index is 1.68. The van der Waals surface area contributed by atoms with E-state index in [1.165, 1.54) is 12.1 Å². The molecule has 9 heteroatoms. The Kier molecular flexibility index (Phi) is 7.42. The van der Waals surface area contributed by atoms with Crippen LogP contribution in [-0.4, -0.2) is 5.60 Å². The number of anilines is 2. The highest BCUT2D eigenvalue weighted by Gasteiger charge is 2.27. The molecule has 0 aliphatic carbocycles. The molecule has 4 aromatic carbocycles. The molecule has 0 aliphatic heterocycles. The van der Waals surface area contributed by atoms with E-state index in [0.717, 1.165) is 12.1 Å². The quantitative estimate of drug-likeness (QED) is 0.163. The SMILES string of the molecule is CC(NC(c1ccc(F)cc1)c1cccc(Nc2c(OC(C)(C)C)c(=O)c2=O)c1)c1cc(F)c(F)c(F)c1. The zero-order valence-electron chi connectivity index (χ0n) is 21.2. The predicted molar refractivity (Wildman–Crippen MR) is 138 cm³/mol. The number of benzene rings is 3. The fourth-order valence-electron chi connectivity index (χ4n) is 4.04. The lowest BCUT2D eigenvalue weighted by atomic mass is 9.96. The van der Waals surface area contributed by atoms with Gasteiger partial charge in [-0.1, -0.05) is 24.3 Å². The van der Waals surface area contributed by atoms with E-state index >= 15 is 0 Å². The first-order valence-corrected chi connectivity index (χ1v) is 11.9. The first-order chi connectivity index (χ1) is 17.8. The van der Waals surface area contributed by atoms with Crippen LogP contribution in [0.25, 0.3) is 0 Å². The highest BCUT2D eigenvalue weighted by Crippen LogP contribution is 2.31. The van der Waals surface area contributed by atoms with Crippen molar-refractivity contribution >= 4 is 11.4 Å². The predicted octanol–water partition coefficient (Wildman–Crippen LogP) is 6.20. The Labute approximate surface area is 216 Å². The van der Waals surface area contributed by atoms with E-state index in [9.17, 15) is 27.2 Å². The molecule has 2 atom stereocenters. The van der Waals surface area contributed by atoms with Crippen LogP contribution in [0.5, 0.6) is 5.75 Å². The van der Waals surface area contributed by atoms with Crippen molar-refractivity contribution in [3.05, 3.63) is 121 Å². The molecule has 0 heterocycles. The molecular weight excluding hydrogens is 500 g/mol. The van der Waals surface area contributed by atoms with Gasteiger partial charge in [0.05, 0.1) is 6.04 Å². The van der Waals surface area contributed by atoms with E-state index in [2.05, 4.69) is 10.6 Å².